The maximum absolute atomic E-state index is 13.0. The van der Waals surface area contributed by atoms with Crippen LogP contribution in [0.25, 0.3) is 0 Å². The van der Waals surface area contributed by atoms with E-state index in [-0.39, 0.29) is 35.0 Å². The summed E-state index contributed by atoms with van der Waals surface area (Å²) in [6.45, 7) is -0.610. The van der Waals surface area contributed by atoms with Gasteiger partial charge in [-0.05, 0) is 23.8 Å². The Morgan fingerprint density at radius 3 is 2.29 bits per heavy atom. The summed E-state index contributed by atoms with van der Waals surface area (Å²) in [7, 11) is 2.78. The van der Waals surface area contributed by atoms with E-state index in [9.17, 15) is 30.3 Å². The fourth-order valence-electron chi connectivity index (χ4n) is 4.08. The third-order valence-electron chi connectivity index (χ3n) is 5.94. The molecule has 0 aliphatic carbocycles. The molecule has 2 heterocycles. The molecule has 2 aromatic rings. The van der Waals surface area contributed by atoms with Crippen LogP contribution in [0.3, 0.4) is 0 Å². The van der Waals surface area contributed by atoms with Crippen molar-refractivity contribution in [2.75, 3.05) is 20.8 Å². The molecule has 0 amide bonds. The zero-order chi connectivity index (χ0) is 24.6. The van der Waals surface area contributed by atoms with Crippen molar-refractivity contribution < 1.29 is 54.0 Å². The lowest BCUT2D eigenvalue weighted by atomic mass is 9.93. The normalized spacial score (nSPS) is 28.6. The molecule has 1 fully saturated rings. The third kappa shape index (κ3) is 4.24. The summed E-state index contributed by atoms with van der Waals surface area (Å²) in [5.74, 6) is -0.498. The molecular formula is C23H26O11. The van der Waals surface area contributed by atoms with Crippen LogP contribution in [-0.4, -0.2) is 83.0 Å². The van der Waals surface area contributed by atoms with Gasteiger partial charge in [-0.25, -0.2) is 4.79 Å². The first-order chi connectivity index (χ1) is 16.3. The molecule has 0 saturated carbocycles. The van der Waals surface area contributed by atoms with Crippen LogP contribution in [0.5, 0.6) is 23.0 Å². The molecule has 2 aromatic carbocycles. The number of fused-ring (bicyclic) bond motifs is 1. The van der Waals surface area contributed by atoms with Gasteiger partial charge in [0, 0.05) is 12.0 Å². The van der Waals surface area contributed by atoms with Crippen LogP contribution in [0.4, 0.5) is 0 Å². The van der Waals surface area contributed by atoms with E-state index < -0.39 is 49.4 Å². The standard InChI is InChI=1S/C23H26O11/c1-30-14-7-11(8-15(31-2)18(14)25)13-6-10-4-3-5-12(17(10)22(29)32-13)33-23-21(28)20(27)19(26)16(9-24)34-23/h3-5,7-8,13,16,19-21,23-28H,6,9H2,1-2H3/t13-,16+,19+,20-,21-,23+/m0/s1. The third-order valence-corrected chi connectivity index (χ3v) is 5.94. The second-order valence-electron chi connectivity index (χ2n) is 7.98. The van der Waals surface area contributed by atoms with Gasteiger partial charge in [-0.15, -0.1) is 0 Å². The minimum Gasteiger partial charge on any atom is -0.502 e. The summed E-state index contributed by atoms with van der Waals surface area (Å²) in [6, 6.07) is 7.95. The molecule has 0 aromatic heterocycles. The molecule has 0 bridgehead atoms. The molecule has 5 N–H and O–H groups in total. The number of ether oxygens (including phenoxy) is 5. The lowest BCUT2D eigenvalue weighted by Crippen LogP contribution is -2.60. The molecule has 1 saturated heterocycles. The highest BCUT2D eigenvalue weighted by Crippen LogP contribution is 2.42. The van der Waals surface area contributed by atoms with Gasteiger partial charge in [-0.2, -0.15) is 0 Å². The lowest BCUT2D eigenvalue weighted by Gasteiger charge is -2.40. The quantitative estimate of drug-likeness (QED) is 0.356. The molecule has 2 aliphatic rings. The van der Waals surface area contributed by atoms with E-state index in [4.69, 9.17) is 23.7 Å². The van der Waals surface area contributed by atoms with Crippen molar-refractivity contribution in [2.45, 2.75) is 43.2 Å². The van der Waals surface area contributed by atoms with E-state index in [1.54, 1.807) is 24.3 Å². The van der Waals surface area contributed by atoms with E-state index in [1.807, 2.05) is 0 Å². The zero-order valence-electron chi connectivity index (χ0n) is 18.5. The summed E-state index contributed by atoms with van der Waals surface area (Å²) in [6.07, 6.45) is -7.81. The van der Waals surface area contributed by atoms with E-state index in [0.717, 1.165) is 0 Å². The molecule has 4 rings (SSSR count). The number of aromatic hydroxyl groups is 1. The number of carbonyl (C=O) groups excluding carboxylic acids is 1. The summed E-state index contributed by atoms with van der Waals surface area (Å²) >= 11 is 0. The van der Waals surface area contributed by atoms with E-state index in [1.165, 1.54) is 20.3 Å². The van der Waals surface area contributed by atoms with Gasteiger partial charge in [0.15, 0.2) is 11.5 Å². The average molecular weight is 478 g/mol. The van der Waals surface area contributed by atoms with E-state index in [2.05, 4.69) is 0 Å². The van der Waals surface area contributed by atoms with Crippen LogP contribution in [0.1, 0.15) is 27.6 Å². The van der Waals surface area contributed by atoms with Crippen molar-refractivity contribution in [3.8, 4) is 23.0 Å². The van der Waals surface area contributed by atoms with Gasteiger partial charge >= 0.3 is 5.97 Å². The number of phenolic OH excluding ortho intramolecular Hbond substituents is 1. The molecule has 34 heavy (non-hydrogen) atoms. The maximum Gasteiger partial charge on any atom is 0.342 e. The van der Waals surface area contributed by atoms with Crippen molar-refractivity contribution in [1.82, 2.24) is 0 Å². The van der Waals surface area contributed by atoms with Gasteiger partial charge in [0.25, 0.3) is 0 Å². The Kier molecular flexibility index (Phi) is 6.82. The average Bonchev–Trinajstić information content (AvgIpc) is 2.84. The number of rotatable bonds is 6. The first-order valence-electron chi connectivity index (χ1n) is 10.5. The van der Waals surface area contributed by atoms with Crippen LogP contribution in [0.2, 0.25) is 0 Å². The topological polar surface area (TPSA) is 164 Å². The number of esters is 1. The minimum atomic E-state index is -1.63. The minimum absolute atomic E-state index is 0.0474. The Morgan fingerprint density at radius 1 is 1.00 bits per heavy atom. The van der Waals surface area contributed by atoms with Gasteiger partial charge in [0.2, 0.25) is 12.0 Å². The smallest absolute Gasteiger partial charge is 0.342 e. The number of aliphatic hydroxyl groups excluding tert-OH is 4. The predicted octanol–water partition coefficient (Wildman–Crippen LogP) is 0.0423. The Hall–Kier alpha value is -3.09. The van der Waals surface area contributed by atoms with Gasteiger partial charge < -0.3 is 49.2 Å². The fraction of sp³-hybridized carbons (Fsp3) is 0.435. The highest BCUT2D eigenvalue weighted by atomic mass is 16.7. The van der Waals surface area contributed by atoms with Crippen LogP contribution in [0.15, 0.2) is 30.3 Å². The molecule has 2 aliphatic heterocycles. The van der Waals surface area contributed by atoms with E-state index >= 15 is 0 Å². The number of methoxy groups -OCH3 is 2. The maximum atomic E-state index is 13.0. The van der Waals surface area contributed by atoms with Crippen LogP contribution in [0, 0.1) is 0 Å². The van der Waals surface area contributed by atoms with E-state index in [0.29, 0.717) is 11.1 Å². The highest BCUT2D eigenvalue weighted by Gasteiger charge is 2.45. The fourth-order valence-corrected chi connectivity index (χ4v) is 4.08. The predicted molar refractivity (Wildman–Crippen MR) is 114 cm³/mol. The first-order valence-corrected chi connectivity index (χ1v) is 10.5. The molecule has 6 atom stereocenters. The van der Waals surface area contributed by atoms with Crippen LogP contribution in [-0.2, 0) is 15.9 Å². The van der Waals surface area contributed by atoms with Crippen LogP contribution < -0.4 is 14.2 Å². The van der Waals surface area contributed by atoms with Crippen LogP contribution >= 0.6 is 0 Å². The molecule has 184 valence electrons. The Labute approximate surface area is 194 Å². The number of benzene rings is 2. The molecule has 0 spiro atoms. The SMILES string of the molecule is COc1cc([C@@H]2Cc3cccc(O[C@@H]4O[C@H](CO)[C@@H](O)[C@H](O)[C@@H]4O)c3C(=O)O2)cc(OC)c1O. The largest absolute Gasteiger partial charge is 0.502 e. The number of hydrogen-bond acceptors (Lipinski definition) is 11. The van der Waals surface area contributed by atoms with Gasteiger partial charge in [-0.1, -0.05) is 12.1 Å². The van der Waals surface area contributed by atoms with Gasteiger partial charge in [0.05, 0.1) is 20.8 Å². The summed E-state index contributed by atoms with van der Waals surface area (Å²) in [5, 5.41) is 49.7. The van der Waals surface area contributed by atoms with Gasteiger partial charge in [-0.3, -0.25) is 0 Å². The Bertz CT molecular complexity index is 1030. The van der Waals surface area contributed by atoms with Crippen molar-refractivity contribution in [3.05, 3.63) is 47.0 Å². The molecular weight excluding hydrogens is 452 g/mol. The summed E-state index contributed by atoms with van der Waals surface area (Å²) in [4.78, 5) is 13.0. The highest BCUT2D eigenvalue weighted by molar-refractivity contribution is 5.95. The van der Waals surface area contributed by atoms with Crippen molar-refractivity contribution >= 4 is 5.97 Å². The Morgan fingerprint density at radius 2 is 1.68 bits per heavy atom. The van der Waals surface area contributed by atoms with Gasteiger partial charge in [0.1, 0.15) is 41.8 Å². The van der Waals surface area contributed by atoms with Crippen molar-refractivity contribution in [1.29, 1.82) is 0 Å². The molecule has 0 radical (unpaired) electrons. The second-order valence-corrected chi connectivity index (χ2v) is 7.98. The molecule has 11 nitrogen and oxygen atoms in total. The Balaban J connectivity index is 1.61. The molecule has 0 unspecified atom stereocenters. The first kappa shape index (κ1) is 24.0. The number of aliphatic hydroxyl groups is 4. The van der Waals surface area contributed by atoms with Crippen molar-refractivity contribution in [3.63, 3.8) is 0 Å². The number of phenols is 1. The number of cyclic esters (lactones) is 1. The zero-order valence-corrected chi connectivity index (χ0v) is 18.5. The summed E-state index contributed by atoms with van der Waals surface area (Å²) in [5.41, 5.74) is 1.26. The summed E-state index contributed by atoms with van der Waals surface area (Å²) < 4.78 is 27.1. The monoisotopic (exact) mass is 478 g/mol. The number of carbonyl (C=O) groups is 1. The second kappa shape index (κ2) is 9.65. The lowest BCUT2D eigenvalue weighted by molar-refractivity contribution is -0.277. The number of hydrogen-bond donors (Lipinski definition) is 5. The molecule has 11 heteroatoms. The van der Waals surface area contributed by atoms with Crippen molar-refractivity contribution in [2.24, 2.45) is 0 Å².